The topological polar surface area (TPSA) is 68.7 Å². The van der Waals surface area contributed by atoms with E-state index in [1.807, 2.05) is 42.5 Å². The van der Waals surface area contributed by atoms with E-state index in [4.69, 9.17) is 21.1 Å². The van der Waals surface area contributed by atoms with Crippen molar-refractivity contribution in [3.8, 4) is 22.8 Å². The molecule has 0 bridgehead atoms. The number of carboxylic acid groups (broad SMARTS) is 1. The first-order valence-corrected chi connectivity index (χ1v) is 9.57. The molecule has 3 rings (SSSR count). The third kappa shape index (κ3) is 4.71. The number of carboxylic acids is 1. The summed E-state index contributed by atoms with van der Waals surface area (Å²) in [6.07, 6.45) is 3.67. The average Bonchev–Trinajstić information content (AvgIpc) is 3.08. The molecule has 144 valence electrons. The molecule has 3 aromatic rings. The van der Waals surface area contributed by atoms with Gasteiger partial charge < -0.3 is 14.6 Å². The van der Waals surface area contributed by atoms with Crippen LogP contribution in [0.4, 0.5) is 0 Å². The Morgan fingerprint density at radius 2 is 1.82 bits per heavy atom. The first-order chi connectivity index (χ1) is 13.5. The average molecular weight is 416 g/mol. The maximum absolute atomic E-state index is 11.2. The van der Waals surface area contributed by atoms with E-state index in [1.54, 1.807) is 26.4 Å². The number of ether oxygens (including phenoxy) is 2. The third-order valence-corrected chi connectivity index (χ3v) is 5.24. The second-order valence-corrected chi connectivity index (χ2v) is 7.40. The molecular formula is C21H18ClNO4S. The fraction of sp³-hybridized carbons (Fsp3) is 0.143. The maximum Gasteiger partial charge on any atom is 0.308 e. The van der Waals surface area contributed by atoms with Gasteiger partial charge in [0.25, 0.3) is 0 Å². The first kappa shape index (κ1) is 19.9. The van der Waals surface area contributed by atoms with Gasteiger partial charge in [-0.3, -0.25) is 4.79 Å². The predicted octanol–water partition coefficient (Wildman–Crippen LogP) is 5.28. The Balaban J connectivity index is 1.93. The lowest BCUT2D eigenvalue weighted by Crippen LogP contribution is -1.99. The van der Waals surface area contributed by atoms with Gasteiger partial charge in [0, 0.05) is 15.5 Å². The minimum absolute atomic E-state index is 0.0835. The SMILES string of the molecule is COc1ccc(/C=C/c2nc(-c3ccc(Cl)cc3)c(CC(=O)O)s2)cc1OC. The highest BCUT2D eigenvalue weighted by molar-refractivity contribution is 7.13. The highest BCUT2D eigenvalue weighted by atomic mass is 35.5. The molecule has 0 atom stereocenters. The van der Waals surface area contributed by atoms with E-state index in [9.17, 15) is 9.90 Å². The van der Waals surface area contributed by atoms with E-state index in [0.29, 0.717) is 27.1 Å². The Hall–Kier alpha value is -2.83. The van der Waals surface area contributed by atoms with Crippen molar-refractivity contribution in [2.24, 2.45) is 0 Å². The number of nitrogens with zero attached hydrogens (tertiary/aromatic N) is 1. The normalized spacial score (nSPS) is 11.0. The standard InChI is InChI=1S/C21H18ClNO4S/c1-26-16-9-3-13(11-17(16)27-2)4-10-19-23-21(18(28-19)12-20(24)25)14-5-7-15(22)8-6-14/h3-11H,12H2,1-2H3,(H,24,25)/b10-4+. The first-order valence-electron chi connectivity index (χ1n) is 8.37. The van der Waals surface area contributed by atoms with Crippen LogP contribution in [-0.4, -0.2) is 30.3 Å². The molecule has 0 unspecified atom stereocenters. The number of carbonyl (C=O) groups is 1. The summed E-state index contributed by atoms with van der Waals surface area (Å²) in [7, 11) is 3.17. The number of hydrogen-bond acceptors (Lipinski definition) is 5. The van der Waals surface area contributed by atoms with E-state index in [-0.39, 0.29) is 6.42 Å². The monoisotopic (exact) mass is 415 g/mol. The molecule has 0 aliphatic heterocycles. The number of hydrogen-bond donors (Lipinski definition) is 1. The number of methoxy groups -OCH3 is 2. The lowest BCUT2D eigenvalue weighted by Gasteiger charge is -2.07. The number of thiazole rings is 1. The Morgan fingerprint density at radius 1 is 1.11 bits per heavy atom. The minimum Gasteiger partial charge on any atom is -0.493 e. The molecule has 0 saturated heterocycles. The molecule has 5 nitrogen and oxygen atoms in total. The van der Waals surface area contributed by atoms with Gasteiger partial charge >= 0.3 is 5.97 Å². The largest absolute Gasteiger partial charge is 0.493 e. The van der Waals surface area contributed by atoms with Crippen molar-refractivity contribution in [3.05, 3.63) is 62.9 Å². The van der Waals surface area contributed by atoms with Gasteiger partial charge in [-0.2, -0.15) is 0 Å². The van der Waals surface area contributed by atoms with Crippen molar-refractivity contribution in [3.63, 3.8) is 0 Å². The van der Waals surface area contributed by atoms with Crippen molar-refractivity contribution in [1.82, 2.24) is 4.98 Å². The van der Waals surface area contributed by atoms with Crippen molar-refractivity contribution < 1.29 is 19.4 Å². The van der Waals surface area contributed by atoms with Crippen molar-refractivity contribution in [2.45, 2.75) is 6.42 Å². The maximum atomic E-state index is 11.2. The fourth-order valence-electron chi connectivity index (χ4n) is 2.66. The zero-order valence-electron chi connectivity index (χ0n) is 15.3. The van der Waals surface area contributed by atoms with Gasteiger partial charge in [-0.05, 0) is 35.9 Å². The van der Waals surface area contributed by atoms with Crippen molar-refractivity contribution in [2.75, 3.05) is 14.2 Å². The molecule has 0 aliphatic carbocycles. The van der Waals surface area contributed by atoms with Crippen LogP contribution in [-0.2, 0) is 11.2 Å². The molecule has 0 aliphatic rings. The number of halogens is 1. The van der Waals surface area contributed by atoms with Crippen LogP contribution in [0.5, 0.6) is 11.5 Å². The number of benzene rings is 2. The van der Waals surface area contributed by atoms with E-state index < -0.39 is 5.97 Å². The van der Waals surface area contributed by atoms with E-state index in [2.05, 4.69) is 4.98 Å². The fourth-order valence-corrected chi connectivity index (χ4v) is 3.76. The molecule has 28 heavy (non-hydrogen) atoms. The Morgan fingerprint density at radius 3 is 2.46 bits per heavy atom. The summed E-state index contributed by atoms with van der Waals surface area (Å²) >= 11 is 7.31. The molecule has 0 amide bonds. The number of rotatable bonds is 7. The Labute approximate surface area is 171 Å². The van der Waals surface area contributed by atoms with Crippen LogP contribution in [0.25, 0.3) is 23.4 Å². The van der Waals surface area contributed by atoms with Gasteiger partial charge in [-0.15, -0.1) is 11.3 Å². The molecule has 1 aromatic heterocycles. The molecule has 1 N–H and O–H groups in total. The van der Waals surface area contributed by atoms with Crippen molar-refractivity contribution >= 4 is 41.1 Å². The summed E-state index contributed by atoms with van der Waals surface area (Å²) < 4.78 is 10.6. The second-order valence-electron chi connectivity index (χ2n) is 5.85. The molecule has 2 aromatic carbocycles. The van der Waals surface area contributed by atoms with E-state index >= 15 is 0 Å². The molecule has 0 fully saturated rings. The predicted molar refractivity (Wildman–Crippen MR) is 112 cm³/mol. The number of aliphatic carboxylic acids is 1. The zero-order chi connectivity index (χ0) is 20.1. The Bertz CT molecular complexity index is 1010. The van der Waals surface area contributed by atoms with Crippen LogP contribution in [0.2, 0.25) is 5.02 Å². The second kappa shape index (κ2) is 8.91. The van der Waals surface area contributed by atoms with Gasteiger partial charge in [0.05, 0.1) is 26.3 Å². The van der Waals surface area contributed by atoms with Gasteiger partial charge in [-0.1, -0.05) is 35.9 Å². The molecular weight excluding hydrogens is 398 g/mol. The Kier molecular flexibility index (Phi) is 6.34. The zero-order valence-corrected chi connectivity index (χ0v) is 16.9. The highest BCUT2D eigenvalue weighted by Crippen LogP contribution is 2.32. The number of aromatic nitrogens is 1. The molecule has 0 radical (unpaired) electrons. The van der Waals surface area contributed by atoms with Crippen molar-refractivity contribution in [1.29, 1.82) is 0 Å². The summed E-state index contributed by atoms with van der Waals surface area (Å²) in [5.74, 6) is 0.397. The van der Waals surface area contributed by atoms with Crippen LogP contribution in [0, 0.1) is 0 Å². The van der Waals surface area contributed by atoms with Crippen LogP contribution in [0.3, 0.4) is 0 Å². The summed E-state index contributed by atoms with van der Waals surface area (Å²) in [6.45, 7) is 0. The lowest BCUT2D eigenvalue weighted by molar-refractivity contribution is -0.136. The van der Waals surface area contributed by atoms with Gasteiger partial charge in [0.2, 0.25) is 0 Å². The summed E-state index contributed by atoms with van der Waals surface area (Å²) in [4.78, 5) is 16.6. The van der Waals surface area contributed by atoms with Crippen LogP contribution < -0.4 is 9.47 Å². The van der Waals surface area contributed by atoms with Gasteiger partial charge in [-0.25, -0.2) is 4.98 Å². The van der Waals surface area contributed by atoms with Crippen LogP contribution in [0.15, 0.2) is 42.5 Å². The lowest BCUT2D eigenvalue weighted by atomic mass is 10.1. The quantitative estimate of drug-likeness (QED) is 0.568. The smallest absolute Gasteiger partial charge is 0.308 e. The summed E-state index contributed by atoms with van der Waals surface area (Å²) in [5.41, 5.74) is 2.42. The summed E-state index contributed by atoms with van der Waals surface area (Å²) in [6, 6.07) is 12.8. The van der Waals surface area contributed by atoms with E-state index in [0.717, 1.165) is 16.1 Å². The molecule has 0 spiro atoms. The third-order valence-electron chi connectivity index (χ3n) is 3.97. The van der Waals surface area contributed by atoms with Gasteiger partial charge in [0.15, 0.2) is 11.5 Å². The van der Waals surface area contributed by atoms with Crippen LogP contribution in [0.1, 0.15) is 15.4 Å². The summed E-state index contributed by atoms with van der Waals surface area (Å²) in [5, 5.41) is 10.6. The molecule has 7 heteroatoms. The van der Waals surface area contributed by atoms with E-state index in [1.165, 1.54) is 11.3 Å². The van der Waals surface area contributed by atoms with Crippen LogP contribution >= 0.6 is 22.9 Å². The molecule has 1 heterocycles. The molecule has 0 saturated carbocycles. The minimum atomic E-state index is -0.894. The van der Waals surface area contributed by atoms with Gasteiger partial charge in [0.1, 0.15) is 5.01 Å². The highest BCUT2D eigenvalue weighted by Gasteiger charge is 2.15.